The summed E-state index contributed by atoms with van der Waals surface area (Å²) in [6.07, 6.45) is -3.56. The molecule has 2 aromatic heterocycles. The van der Waals surface area contributed by atoms with Gasteiger partial charge in [-0.25, -0.2) is 18.6 Å². The average molecular weight is 585 g/mol. The molecule has 2 N–H and O–H groups in total. The molecule has 2 aliphatic rings. The van der Waals surface area contributed by atoms with Crippen molar-refractivity contribution in [2.75, 3.05) is 20.3 Å². The van der Waals surface area contributed by atoms with Crippen LogP contribution in [0.15, 0.2) is 34.9 Å². The van der Waals surface area contributed by atoms with Gasteiger partial charge in [0.25, 0.3) is 5.91 Å². The lowest BCUT2D eigenvalue weighted by atomic mass is 9.82. The lowest BCUT2D eigenvalue weighted by Crippen LogP contribution is -2.40. The monoisotopic (exact) mass is 584 g/mol. The minimum Gasteiger partial charge on any atom is -0.438 e. The predicted molar refractivity (Wildman–Crippen MR) is 134 cm³/mol. The third kappa shape index (κ3) is 5.99. The van der Waals surface area contributed by atoms with Gasteiger partial charge in [0.1, 0.15) is 23.3 Å². The summed E-state index contributed by atoms with van der Waals surface area (Å²) in [6.45, 7) is -0.666. The summed E-state index contributed by atoms with van der Waals surface area (Å²) in [6, 6.07) is 1.70. The highest BCUT2D eigenvalue weighted by molar-refractivity contribution is 5.92. The van der Waals surface area contributed by atoms with Gasteiger partial charge in [0.05, 0.1) is 19.2 Å². The molecule has 15 heteroatoms. The molecule has 3 aromatic rings. The standard InChI is InChI=1S/C26H29F5N6O4/c1-36-17(7-10-32-36)22(38)35-21(14-5-8-25(27,28)9-6-14)23-33-16-11-15(3-4-19(16)41-23)18(13-40-2)37-12-20(26(29,30)31)34-24(37)39/h3-4,7,10-11,14,18,20-21H,5-6,8-9,12-13H2,1-2H3,(H,34,39)(H,35,38). The number of aryl methyl sites for hydroxylation is 1. The first-order valence-electron chi connectivity index (χ1n) is 13.1. The predicted octanol–water partition coefficient (Wildman–Crippen LogP) is 4.50. The minimum absolute atomic E-state index is 0.0755. The number of halogens is 5. The number of ether oxygens (including phenoxy) is 1. The van der Waals surface area contributed by atoms with Crippen molar-refractivity contribution in [3.8, 4) is 0 Å². The third-order valence-electron chi connectivity index (χ3n) is 7.69. The Morgan fingerprint density at radius 2 is 2.00 bits per heavy atom. The number of nitrogens with one attached hydrogen (secondary N) is 2. The summed E-state index contributed by atoms with van der Waals surface area (Å²) >= 11 is 0. The van der Waals surface area contributed by atoms with Gasteiger partial charge in [0.2, 0.25) is 11.8 Å². The largest absolute Gasteiger partial charge is 0.438 e. The summed E-state index contributed by atoms with van der Waals surface area (Å²) in [4.78, 5) is 31.1. The molecule has 1 saturated carbocycles. The summed E-state index contributed by atoms with van der Waals surface area (Å²) < 4.78 is 80.3. The zero-order chi connectivity index (χ0) is 29.5. The van der Waals surface area contributed by atoms with Crippen molar-refractivity contribution in [3.05, 3.63) is 47.6 Å². The lowest BCUT2D eigenvalue weighted by molar-refractivity contribution is -0.150. The number of amides is 3. The number of nitrogens with zero attached hydrogens (tertiary/aromatic N) is 4. The van der Waals surface area contributed by atoms with E-state index in [9.17, 15) is 31.5 Å². The second kappa shape index (κ2) is 10.9. The van der Waals surface area contributed by atoms with Crippen LogP contribution in [0.2, 0.25) is 0 Å². The highest BCUT2D eigenvalue weighted by Crippen LogP contribution is 2.42. The van der Waals surface area contributed by atoms with E-state index in [1.807, 2.05) is 5.32 Å². The fourth-order valence-corrected chi connectivity index (χ4v) is 5.43. The molecule has 0 bridgehead atoms. The van der Waals surface area contributed by atoms with Gasteiger partial charge in [-0.15, -0.1) is 0 Å². The number of hydrogen-bond acceptors (Lipinski definition) is 6. The molecule has 41 heavy (non-hydrogen) atoms. The van der Waals surface area contributed by atoms with Crippen LogP contribution < -0.4 is 10.6 Å². The third-order valence-corrected chi connectivity index (χ3v) is 7.69. The molecule has 3 unspecified atom stereocenters. The Balaban J connectivity index is 1.45. The molecular weight excluding hydrogens is 555 g/mol. The highest BCUT2D eigenvalue weighted by atomic mass is 19.4. The van der Waals surface area contributed by atoms with E-state index in [1.54, 1.807) is 25.2 Å². The molecule has 222 valence electrons. The van der Waals surface area contributed by atoms with Gasteiger partial charge < -0.3 is 24.7 Å². The normalized spacial score (nSPS) is 21.2. The quantitative estimate of drug-likeness (QED) is 0.377. The number of fused-ring (bicyclic) bond motifs is 1. The molecule has 0 spiro atoms. The Morgan fingerprint density at radius 3 is 2.61 bits per heavy atom. The maximum absolute atomic E-state index is 13.9. The molecule has 1 aromatic carbocycles. The van der Waals surface area contributed by atoms with Gasteiger partial charge in [-0.1, -0.05) is 6.07 Å². The first-order valence-corrected chi connectivity index (χ1v) is 13.1. The molecule has 10 nitrogen and oxygen atoms in total. The van der Waals surface area contributed by atoms with Gasteiger partial charge in [-0.2, -0.15) is 18.3 Å². The van der Waals surface area contributed by atoms with E-state index < -0.39 is 48.7 Å². The Labute approximate surface area is 231 Å². The molecule has 3 heterocycles. The molecule has 3 atom stereocenters. The van der Waals surface area contributed by atoms with E-state index in [-0.39, 0.29) is 49.8 Å². The number of benzene rings is 1. The first-order chi connectivity index (χ1) is 19.4. The van der Waals surface area contributed by atoms with Crippen LogP contribution in [-0.2, 0) is 11.8 Å². The van der Waals surface area contributed by atoms with Crippen LogP contribution in [0.5, 0.6) is 0 Å². The average Bonchev–Trinajstić information content (AvgIpc) is 3.63. The summed E-state index contributed by atoms with van der Waals surface area (Å²) in [5.74, 6) is -3.53. The van der Waals surface area contributed by atoms with Crippen LogP contribution in [0, 0.1) is 5.92 Å². The van der Waals surface area contributed by atoms with Crippen molar-refractivity contribution in [2.45, 2.75) is 55.9 Å². The first kappa shape index (κ1) is 28.8. The van der Waals surface area contributed by atoms with Gasteiger partial charge in [-0.05, 0) is 42.5 Å². The van der Waals surface area contributed by atoms with Gasteiger partial charge >= 0.3 is 12.2 Å². The Kier molecular flexibility index (Phi) is 7.66. The molecule has 5 rings (SSSR count). The van der Waals surface area contributed by atoms with Crippen molar-refractivity contribution in [2.24, 2.45) is 13.0 Å². The van der Waals surface area contributed by atoms with Crippen molar-refractivity contribution in [3.63, 3.8) is 0 Å². The van der Waals surface area contributed by atoms with Crippen LogP contribution in [-0.4, -0.2) is 70.0 Å². The molecule has 0 radical (unpaired) electrons. The molecule has 1 aliphatic carbocycles. The summed E-state index contributed by atoms with van der Waals surface area (Å²) in [5.41, 5.74) is 1.37. The number of carbonyl (C=O) groups is 2. The number of carbonyl (C=O) groups excluding carboxylic acids is 2. The minimum atomic E-state index is -4.61. The Hall–Kier alpha value is -3.75. The fourth-order valence-electron chi connectivity index (χ4n) is 5.43. The number of hydrogen-bond donors (Lipinski definition) is 2. The maximum atomic E-state index is 13.9. The zero-order valence-corrected chi connectivity index (χ0v) is 22.3. The maximum Gasteiger partial charge on any atom is 0.410 e. The summed E-state index contributed by atoms with van der Waals surface area (Å²) in [7, 11) is 2.97. The number of oxazole rings is 1. The van der Waals surface area contributed by atoms with Crippen LogP contribution in [0.1, 0.15) is 59.7 Å². The molecule has 3 amide bonds. The summed E-state index contributed by atoms with van der Waals surface area (Å²) in [5, 5.41) is 8.82. The van der Waals surface area contributed by atoms with Gasteiger partial charge in [0.15, 0.2) is 5.58 Å². The van der Waals surface area contributed by atoms with Crippen molar-refractivity contribution in [1.82, 2.24) is 30.3 Å². The van der Waals surface area contributed by atoms with Gasteiger partial charge in [-0.3, -0.25) is 9.48 Å². The number of alkyl halides is 5. The number of methoxy groups -OCH3 is 1. The smallest absolute Gasteiger partial charge is 0.410 e. The number of aromatic nitrogens is 3. The topological polar surface area (TPSA) is 115 Å². The van der Waals surface area contributed by atoms with Gasteiger partial charge in [0, 0.05) is 33.2 Å². The van der Waals surface area contributed by atoms with Crippen molar-refractivity contribution >= 4 is 23.0 Å². The SMILES string of the molecule is COCC(c1ccc2oc(C(NC(=O)c3ccnn3C)C3CCC(F)(F)CC3)nc2c1)N1CC(C(F)(F)F)NC1=O. The zero-order valence-electron chi connectivity index (χ0n) is 22.3. The van der Waals surface area contributed by atoms with E-state index in [2.05, 4.69) is 15.4 Å². The number of urea groups is 1. The van der Waals surface area contributed by atoms with E-state index in [0.29, 0.717) is 16.7 Å². The van der Waals surface area contributed by atoms with Crippen LogP contribution in [0.25, 0.3) is 11.1 Å². The van der Waals surface area contributed by atoms with Crippen molar-refractivity contribution in [1.29, 1.82) is 0 Å². The Bertz CT molecular complexity index is 1410. The molecule has 1 aliphatic heterocycles. The van der Waals surface area contributed by atoms with Crippen LogP contribution in [0.3, 0.4) is 0 Å². The second-order valence-corrected chi connectivity index (χ2v) is 10.4. The van der Waals surface area contributed by atoms with Crippen LogP contribution in [0.4, 0.5) is 26.7 Å². The molecular formula is C26H29F5N6O4. The van der Waals surface area contributed by atoms with Crippen molar-refractivity contribution < 1.29 is 40.7 Å². The number of rotatable bonds is 8. The van der Waals surface area contributed by atoms with E-state index in [0.717, 1.165) is 4.90 Å². The fraction of sp³-hybridized carbons (Fsp3) is 0.538. The lowest BCUT2D eigenvalue weighted by Gasteiger charge is -2.32. The highest BCUT2D eigenvalue weighted by Gasteiger charge is 2.48. The van der Waals surface area contributed by atoms with E-state index in [4.69, 9.17) is 9.15 Å². The van der Waals surface area contributed by atoms with Crippen LogP contribution >= 0.6 is 0 Å². The van der Waals surface area contributed by atoms with E-state index in [1.165, 1.54) is 24.1 Å². The molecule has 2 fully saturated rings. The second-order valence-electron chi connectivity index (χ2n) is 10.4. The Morgan fingerprint density at radius 1 is 1.27 bits per heavy atom. The van der Waals surface area contributed by atoms with E-state index >= 15 is 0 Å². The molecule has 1 saturated heterocycles.